The van der Waals surface area contributed by atoms with Crippen LogP contribution in [0.2, 0.25) is 0 Å². The third kappa shape index (κ3) is 2.95. The average Bonchev–Trinajstić information content (AvgIpc) is 3.24. The molecule has 4 heteroatoms. The second kappa shape index (κ2) is 7.84. The molecule has 3 aromatic carbocycles. The lowest BCUT2D eigenvalue weighted by atomic mass is 9.77. The van der Waals surface area contributed by atoms with Crippen LogP contribution in [0.5, 0.6) is 0 Å². The Morgan fingerprint density at radius 1 is 0.714 bits per heavy atom. The van der Waals surface area contributed by atoms with Crippen molar-refractivity contribution in [3.05, 3.63) is 126 Å². The van der Waals surface area contributed by atoms with Gasteiger partial charge >= 0.3 is 0 Å². The molecule has 0 aliphatic heterocycles. The molecule has 136 valence electrons. The fourth-order valence-corrected chi connectivity index (χ4v) is 3.65. The molecule has 0 atom stereocenters. The van der Waals surface area contributed by atoms with E-state index in [1.54, 1.807) is 6.08 Å². The number of carbonyl (C=O) groups is 1. The smallest absolute Gasteiger partial charge is 0.152 e. The van der Waals surface area contributed by atoms with Gasteiger partial charge in [-0.25, -0.2) is 9.67 Å². The van der Waals surface area contributed by atoms with Crippen LogP contribution in [0.15, 0.2) is 103 Å². The second-order valence-electron chi connectivity index (χ2n) is 6.33. The number of carbonyl (C=O) groups excluding carboxylic acids is 1. The fourth-order valence-electron chi connectivity index (χ4n) is 3.65. The van der Waals surface area contributed by atoms with Crippen molar-refractivity contribution in [1.82, 2.24) is 14.8 Å². The van der Waals surface area contributed by atoms with Gasteiger partial charge in [0, 0.05) is 0 Å². The van der Waals surface area contributed by atoms with E-state index in [1.807, 2.05) is 59.3 Å². The normalized spacial score (nSPS) is 11.6. The number of rotatable bonds is 6. The molecule has 0 saturated carbocycles. The molecule has 0 aliphatic rings. The van der Waals surface area contributed by atoms with E-state index in [4.69, 9.17) is 0 Å². The molecule has 0 fully saturated rings. The Hall–Kier alpha value is -3.79. The maximum absolute atomic E-state index is 10.9. The number of hydrogen-bond donors (Lipinski definition) is 0. The third-order valence-corrected chi connectivity index (χ3v) is 4.79. The van der Waals surface area contributed by atoms with Gasteiger partial charge in [-0.15, -0.1) is 0 Å². The van der Waals surface area contributed by atoms with Crippen molar-refractivity contribution in [1.29, 1.82) is 0 Å². The summed E-state index contributed by atoms with van der Waals surface area (Å²) < 4.78 is 1.88. The number of aldehydes is 1. The van der Waals surface area contributed by atoms with E-state index in [2.05, 4.69) is 46.5 Å². The lowest BCUT2D eigenvalue weighted by molar-refractivity contribution is -0.104. The molecule has 1 heterocycles. The molecule has 0 N–H and O–H groups in total. The molecule has 0 unspecified atom stereocenters. The Balaban J connectivity index is 2.13. The summed E-state index contributed by atoms with van der Waals surface area (Å²) in [5.74, 6) is 0.601. The van der Waals surface area contributed by atoms with E-state index in [9.17, 15) is 4.79 Å². The molecular weight excluding hydrogens is 346 g/mol. The summed E-state index contributed by atoms with van der Waals surface area (Å²) in [7, 11) is 0. The molecule has 0 radical (unpaired) electrons. The maximum Gasteiger partial charge on any atom is 0.152 e. The van der Waals surface area contributed by atoms with E-state index in [0.717, 1.165) is 23.0 Å². The Morgan fingerprint density at radius 3 is 1.61 bits per heavy atom. The van der Waals surface area contributed by atoms with E-state index in [0.29, 0.717) is 5.82 Å². The van der Waals surface area contributed by atoms with Crippen molar-refractivity contribution in [2.75, 3.05) is 0 Å². The Kier molecular flexibility index (Phi) is 4.93. The first kappa shape index (κ1) is 17.6. The fraction of sp³-hybridized carbons (Fsp3) is 0.0417. The van der Waals surface area contributed by atoms with Crippen LogP contribution in [0, 0.1) is 0 Å². The van der Waals surface area contributed by atoms with E-state index < -0.39 is 5.54 Å². The van der Waals surface area contributed by atoms with Gasteiger partial charge in [-0.1, -0.05) is 91.0 Å². The SMILES string of the molecule is O=CC=Cc1ncnn1C(c1ccccc1)(c1ccccc1)c1ccccc1. The zero-order chi connectivity index (χ0) is 19.2. The molecule has 0 saturated heterocycles. The van der Waals surface area contributed by atoms with E-state index >= 15 is 0 Å². The van der Waals surface area contributed by atoms with Gasteiger partial charge in [0.05, 0.1) is 0 Å². The third-order valence-electron chi connectivity index (χ3n) is 4.79. The predicted octanol–water partition coefficient (Wildman–Crippen LogP) is 4.33. The highest BCUT2D eigenvalue weighted by molar-refractivity contribution is 5.72. The van der Waals surface area contributed by atoms with Crippen LogP contribution in [0.3, 0.4) is 0 Å². The minimum Gasteiger partial charge on any atom is -0.299 e. The van der Waals surface area contributed by atoms with Gasteiger partial charge in [0.2, 0.25) is 0 Å². The molecule has 0 amide bonds. The summed E-state index contributed by atoms with van der Waals surface area (Å²) in [4.78, 5) is 15.3. The van der Waals surface area contributed by atoms with Gasteiger partial charge in [0.25, 0.3) is 0 Å². The quantitative estimate of drug-likeness (QED) is 0.290. The number of benzene rings is 3. The number of allylic oxidation sites excluding steroid dienone is 1. The van der Waals surface area contributed by atoms with Crippen LogP contribution in [0.1, 0.15) is 22.5 Å². The van der Waals surface area contributed by atoms with E-state index in [1.165, 1.54) is 12.4 Å². The highest BCUT2D eigenvalue weighted by Crippen LogP contribution is 2.40. The second-order valence-corrected chi connectivity index (χ2v) is 6.33. The predicted molar refractivity (Wildman–Crippen MR) is 110 cm³/mol. The summed E-state index contributed by atoms with van der Waals surface area (Å²) in [6.45, 7) is 0. The Bertz CT molecular complexity index is 974. The van der Waals surface area contributed by atoms with E-state index in [-0.39, 0.29) is 0 Å². The summed E-state index contributed by atoms with van der Waals surface area (Å²) in [6, 6.07) is 30.7. The number of aromatic nitrogens is 3. The molecule has 1 aromatic heterocycles. The van der Waals surface area contributed by atoms with Gasteiger partial charge in [0.1, 0.15) is 18.2 Å². The molecule has 28 heavy (non-hydrogen) atoms. The molecular formula is C24H19N3O. The Morgan fingerprint density at radius 2 is 1.18 bits per heavy atom. The number of nitrogens with zero attached hydrogens (tertiary/aromatic N) is 3. The minimum absolute atomic E-state index is 0.601. The lowest BCUT2D eigenvalue weighted by Gasteiger charge is -2.36. The van der Waals surface area contributed by atoms with Crippen LogP contribution in [0.25, 0.3) is 6.08 Å². The molecule has 4 aromatic rings. The molecule has 0 aliphatic carbocycles. The largest absolute Gasteiger partial charge is 0.299 e. The van der Waals surface area contributed by atoms with Crippen molar-refractivity contribution in [3.8, 4) is 0 Å². The zero-order valence-electron chi connectivity index (χ0n) is 15.2. The topological polar surface area (TPSA) is 47.8 Å². The van der Waals surface area contributed by atoms with Crippen LogP contribution >= 0.6 is 0 Å². The van der Waals surface area contributed by atoms with Gasteiger partial charge in [0.15, 0.2) is 5.82 Å². The van der Waals surface area contributed by atoms with Crippen LogP contribution in [-0.4, -0.2) is 21.1 Å². The summed E-state index contributed by atoms with van der Waals surface area (Å²) in [6.07, 6.45) is 5.39. The number of hydrogen-bond acceptors (Lipinski definition) is 3. The van der Waals surface area contributed by atoms with Crippen molar-refractivity contribution < 1.29 is 4.79 Å². The Labute approximate surface area is 163 Å². The van der Waals surface area contributed by atoms with Crippen molar-refractivity contribution in [3.63, 3.8) is 0 Å². The summed E-state index contributed by atoms with van der Waals surface area (Å²) in [5.41, 5.74) is 2.43. The van der Waals surface area contributed by atoms with Gasteiger partial charge in [-0.05, 0) is 28.8 Å². The van der Waals surface area contributed by atoms with Gasteiger partial charge in [-0.2, -0.15) is 5.10 Å². The van der Waals surface area contributed by atoms with Crippen molar-refractivity contribution in [2.45, 2.75) is 5.54 Å². The van der Waals surface area contributed by atoms with Gasteiger partial charge in [-0.3, -0.25) is 4.79 Å². The standard InChI is InChI=1S/C24H19N3O/c28-18-10-17-23-25-19-26-27(23)24(20-11-4-1-5-12-20,21-13-6-2-7-14-21)22-15-8-3-9-16-22/h1-19H. The minimum atomic E-state index is -0.733. The summed E-state index contributed by atoms with van der Waals surface area (Å²) >= 11 is 0. The highest BCUT2D eigenvalue weighted by Gasteiger charge is 2.40. The van der Waals surface area contributed by atoms with Crippen molar-refractivity contribution in [2.24, 2.45) is 0 Å². The lowest BCUT2D eigenvalue weighted by Crippen LogP contribution is -2.39. The first-order chi connectivity index (χ1) is 13.9. The highest BCUT2D eigenvalue weighted by atomic mass is 16.1. The molecule has 0 bridgehead atoms. The van der Waals surface area contributed by atoms with Crippen LogP contribution in [0.4, 0.5) is 0 Å². The molecule has 4 rings (SSSR count). The zero-order valence-corrected chi connectivity index (χ0v) is 15.2. The van der Waals surface area contributed by atoms with Crippen molar-refractivity contribution >= 4 is 12.4 Å². The summed E-state index contributed by atoms with van der Waals surface area (Å²) in [5, 5.41) is 4.61. The monoisotopic (exact) mass is 365 g/mol. The van der Waals surface area contributed by atoms with Crippen LogP contribution in [-0.2, 0) is 10.3 Å². The molecule has 0 spiro atoms. The molecule has 4 nitrogen and oxygen atoms in total. The maximum atomic E-state index is 10.9. The first-order valence-electron chi connectivity index (χ1n) is 9.06. The van der Waals surface area contributed by atoms with Crippen LogP contribution < -0.4 is 0 Å². The average molecular weight is 365 g/mol. The van der Waals surface area contributed by atoms with Gasteiger partial charge < -0.3 is 0 Å². The first-order valence-corrected chi connectivity index (χ1v) is 9.06.